The average Bonchev–Trinajstić information content (AvgIpc) is 2.37. The molecule has 0 fully saturated rings. The molecule has 1 unspecified atom stereocenters. The predicted molar refractivity (Wildman–Crippen MR) is 63.0 cm³/mol. The highest BCUT2D eigenvalue weighted by Gasteiger charge is 2.38. The lowest BCUT2D eigenvalue weighted by Gasteiger charge is -2.15. The maximum Gasteiger partial charge on any atom is 0.322 e. The summed E-state index contributed by atoms with van der Waals surface area (Å²) in [6, 6.07) is 6.73. The number of esters is 1. The van der Waals surface area contributed by atoms with Gasteiger partial charge in [0.1, 0.15) is 12.6 Å². The Morgan fingerprint density at radius 1 is 1.11 bits per heavy atom. The Morgan fingerprint density at radius 2 is 1.68 bits per heavy atom. The monoisotopic (exact) mass is 267 g/mol. The third kappa shape index (κ3) is 4.07. The Bertz CT molecular complexity index is 472. The molecule has 1 aromatic carbocycles. The summed E-state index contributed by atoms with van der Waals surface area (Å²) in [5.74, 6) is -6.32. The molecule has 7 heteroatoms. The van der Waals surface area contributed by atoms with E-state index in [1.807, 2.05) is 0 Å². The second-order valence-electron chi connectivity index (χ2n) is 3.77. The molecule has 0 bridgehead atoms. The lowest BCUT2D eigenvalue weighted by atomic mass is 10.0. The third-order valence-corrected chi connectivity index (χ3v) is 2.39. The van der Waals surface area contributed by atoms with E-state index in [1.165, 1.54) is 0 Å². The van der Waals surface area contributed by atoms with E-state index in [2.05, 4.69) is 0 Å². The Labute approximate surface area is 108 Å². The molecule has 4 N–H and O–H groups in total. The van der Waals surface area contributed by atoms with Crippen molar-refractivity contribution in [2.45, 2.75) is 12.6 Å². The van der Waals surface area contributed by atoms with Crippen molar-refractivity contribution in [2.24, 2.45) is 11.7 Å². The van der Waals surface area contributed by atoms with Crippen molar-refractivity contribution in [3.8, 4) is 0 Å². The van der Waals surface area contributed by atoms with Crippen LogP contribution in [-0.4, -0.2) is 34.2 Å². The average molecular weight is 267 g/mol. The largest absolute Gasteiger partial charge is 0.481 e. The molecular weight excluding hydrogens is 254 g/mol. The highest BCUT2D eigenvalue weighted by Crippen LogP contribution is 2.09. The molecule has 7 nitrogen and oxygen atoms in total. The molecule has 0 saturated heterocycles. The first-order chi connectivity index (χ1) is 8.93. The predicted octanol–water partition coefficient (Wildman–Crippen LogP) is -0.157. The molecule has 0 aliphatic carbocycles. The van der Waals surface area contributed by atoms with Gasteiger partial charge in [-0.25, -0.2) is 0 Å². The van der Waals surface area contributed by atoms with Crippen molar-refractivity contribution in [1.82, 2.24) is 0 Å². The molecule has 1 aromatic rings. The van der Waals surface area contributed by atoms with Gasteiger partial charge in [0.2, 0.25) is 0 Å². The first-order valence-corrected chi connectivity index (χ1v) is 5.35. The SMILES string of the molecule is N[C@@H](C(=O)O)C(C(=O)O)C(=O)OCc1ccccc1. The van der Waals surface area contributed by atoms with Crippen molar-refractivity contribution >= 4 is 17.9 Å². The van der Waals surface area contributed by atoms with Gasteiger partial charge in [-0.2, -0.15) is 0 Å². The van der Waals surface area contributed by atoms with Gasteiger partial charge in [0.25, 0.3) is 0 Å². The molecule has 0 aliphatic heterocycles. The number of carbonyl (C=O) groups excluding carboxylic acids is 1. The number of carboxylic acids is 2. The van der Waals surface area contributed by atoms with Crippen molar-refractivity contribution in [1.29, 1.82) is 0 Å². The van der Waals surface area contributed by atoms with E-state index in [-0.39, 0.29) is 6.61 Å². The smallest absolute Gasteiger partial charge is 0.322 e. The lowest BCUT2D eigenvalue weighted by molar-refractivity contribution is -0.164. The molecule has 0 aliphatic rings. The van der Waals surface area contributed by atoms with Gasteiger partial charge in [0, 0.05) is 0 Å². The van der Waals surface area contributed by atoms with Crippen LogP contribution in [0.2, 0.25) is 0 Å². The molecule has 0 heterocycles. The number of nitrogens with two attached hydrogens (primary N) is 1. The van der Waals surface area contributed by atoms with Crippen LogP contribution in [-0.2, 0) is 25.7 Å². The number of benzene rings is 1. The van der Waals surface area contributed by atoms with Crippen LogP contribution in [0.3, 0.4) is 0 Å². The molecule has 1 rings (SSSR count). The molecule has 2 atom stereocenters. The minimum absolute atomic E-state index is 0.143. The van der Waals surface area contributed by atoms with E-state index >= 15 is 0 Å². The molecule has 102 valence electrons. The second kappa shape index (κ2) is 6.50. The van der Waals surface area contributed by atoms with Gasteiger partial charge in [0.15, 0.2) is 5.92 Å². The van der Waals surface area contributed by atoms with Gasteiger partial charge in [-0.15, -0.1) is 0 Å². The van der Waals surface area contributed by atoms with Crippen molar-refractivity contribution < 1.29 is 29.3 Å². The maximum absolute atomic E-state index is 11.6. The quantitative estimate of drug-likeness (QED) is 0.482. The number of hydrogen-bond donors (Lipinski definition) is 3. The summed E-state index contributed by atoms with van der Waals surface area (Å²) in [5.41, 5.74) is 5.81. The summed E-state index contributed by atoms with van der Waals surface area (Å²) in [6.07, 6.45) is 0. The zero-order valence-electron chi connectivity index (χ0n) is 9.85. The van der Waals surface area contributed by atoms with Crippen LogP contribution in [0.5, 0.6) is 0 Å². The number of rotatable bonds is 6. The molecule has 19 heavy (non-hydrogen) atoms. The summed E-state index contributed by atoms with van der Waals surface area (Å²) in [4.78, 5) is 33.0. The minimum Gasteiger partial charge on any atom is -0.481 e. The summed E-state index contributed by atoms with van der Waals surface area (Å²) in [5, 5.41) is 17.5. The van der Waals surface area contributed by atoms with Crippen LogP contribution >= 0.6 is 0 Å². The van der Waals surface area contributed by atoms with E-state index in [1.54, 1.807) is 30.3 Å². The standard InChI is InChI=1S/C12H13NO6/c13-9(11(16)17)8(10(14)15)12(18)19-6-7-4-2-1-3-5-7/h1-5,8-9H,6,13H2,(H,14,15)(H,16,17)/t8?,9-/m1/s1. The van der Waals surface area contributed by atoms with E-state index in [4.69, 9.17) is 20.7 Å². The Kier molecular flexibility index (Phi) is 5.01. The van der Waals surface area contributed by atoms with Crippen LogP contribution in [0.15, 0.2) is 30.3 Å². The summed E-state index contributed by atoms with van der Waals surface area (Å²) < 4.78 is 4.76. The van der Waals surface area contributed by atoms with Crippen LogP contribution in [0.4, 0.5) is 0 Å². The van der Waals surface area contributed by atoms with Crippen LogP contribution in [0.1, 0.15) is 5.56 Å². The van der Waals surface area contributed by atoms with Gasteiger partial charge in [-0.1, -0.05) is 30.3 Å². The second-order valence-corrected chi connectivity index (χ2v) is 3.77. The number of aliphatic carboxylic acids is 2. The zero-order valence-corrected chi connectivity index (χ0v) is 9.85. The lowest BCUT2D eigenvalue weighted by Crippen LogP contribution is -2.46. The molecule has 0 amide bonds. The van der Waals surface area contributed by atoms with Gasteiger partial charge >= 0.3 is 17.9 Å². The first-order valence-electron chi connectivity index (χ1n) is 5.35. The van der Waals surface area contributed by atoms with Crippen molar-refractivity contribution in [2.75, 3.05) is 0 Å². The Morgan fingerprint density at radius 3 is 2.16 bits per heavy atom. The Balaban J connectivity index is 2.68. The van der Waals surface area contributed by atoms with Crippen molar-refractivity contribution in [3.05, 3.63) is 35.9 Å². The van der Waals surface area contributed by atoms with E-state index in [9.17, 15) is 14.4 Å². The fourth-order valence-corrected chi connectivity index (χ4v) is 1.36. The highest BCUT2D eigenvalue weighted by atomic mass is 16.5. The molecular formula is C12H13NO6. The number of ether oxygens (including phenoxy) is 1. The van der Waals surface area contributed by atoms with Gasteiger partial charge in [0.05, 0.1) is 0 Å². The number of carboxylic acid groups (broad SMARTS) is 2. The summed E-state index contributed by atoms with van der Waals surface area (Å²) >= 11 is 0. The van der Waals surface area contributed by atoms with E-state index in [0.29, 0.717) is 5.56 Å². The fraction of sp³-hybridized carbons (Fsp3) is 0.250. The van der Waals surface area contributed by atoms with Crippen LogP contribution in [0, 0.1) is 5.92 Å². The zero-order chi connectivity index (χ0) is 14.4. The first kappa shape index (κ1) is 14.7. The van der Waals surface area contributed by atoms with E-state index < -0.39 is 29.9 Å². The summed E-state index contributed by atoms with van der Waals surface area (Å²) in [6.45, 7) is -0.143. The van der Waals surface area contributed by atoms with Gasteiger partial charge < -0.3 is 20.7 Å². The Hall–Kier alpha value is -2.41. The van der Waals surface area contributed by atoms with Gasteiger partial charge in [-0.05, 0) is 5.56 Å². The van der Waals surface area contributed by atoms with Gasteiger partial charge in [-0.3, -0.25) is 14.4 Å². The number of carbonyl (C=O) groups is 3. The highest BCUT2D eigenvalue weighted by molar-refractivity contribution is 5.99. The maximum atomic E-state index is 11.6. The minimum atomic E-state index is -1.93. The van der Waals surface area contributed by atoms with Crippen LogP contribution in [0.25, 0.3) is 0 Å². The topological polar surface area (TPSA) is 127 Å². The summed E-state index contributed by atoms with van der Waals surface area (Å²) in [7, 11) is 0. The molecule has 0 saturated carbocycles. The fourth-order valence-electron chi connectivity index (χ4n) is 1.36. The third-order valence-electron chi connectivity index (χ3n) is 2.39. The van der Waals surface area contributed by atoms with Crippen molar-refractivity contribution in [3.63, 3.8) is 0 Å². The number of hydrogen-bond acceptors (Lipinski definition) is 5. The molecule has 0 spiro atoms. The van der Waals surface area contributed by atoms with E-state index in [0.717, 1.165) is 0 Å². The van der Waals surface area contributed by atoms with Crippen LogP contribution < -0.4 is 5.73 Å². The molecule has 0 aromatic heterocycles. The molecule has 0 radical (unpaired) electrons. The normalized spacial score (nSPS) is 13.3.